The maximum Gasteiger partial charge on any atom is 0.310 e. The Bertz CT molecular complexity index is 367. The average Bonchev–Trinajstić information content (AvgIpc) is 2.17. The first-order valence-electron chi connectivity index (χ1n) is 4.37. The summed E-state index contributed by atoms with van der Waals surface area (Å²) in [4.78, 5) is 9.73. The Morgan fingerprint density at radius 2 is 2.20 bits per heavy atom. The summed E-state index contributed by atoms with van der Waals surface area (Å²) in [6.45, 7) is -0.169. The summed E-state index contributed by atoms with van der Waals surface area (Å²) in [7, 11) is 0. The third kappa shape index (κ3) is 2.90. The molecule has 1 aromatic rings. The number of nitro benzene ring substituents is 1. The minimum absolute atomic E-state index is 0.169. The molecule has 1 unspecified atom stereocenters. The Kier molecular flexibility index (Phi) is 3.59. The summed E-state index contributed by atoms with van der Waals surface area (Å²) >= 11 is 0. The summed E-state index contributed by atoms with van der Waals surface area (Å²) in [6.07, 6.45) is 0.363. The van der Waals surface area contributed by atoms with Crippen LogP contribution in [0.2, 0.25) is 0 Å². The lowest BCUT2D eigenvalue weighted by atomic mass is 10.1. The molecule has 0 saturated carbocycles. The largest absolute Gasteiger partial charge is 0.502 e. The highest BCUT2D eigenvalue weighted by molar-refractivity contribution is 5.47. The molecular weight excluding hydrogens is 200 g/mol. The Balaban J connectivity index is 2.87. The molecule has 15 heavy (non-hydrogen) atoms. The standard InChI is InChI=1S/C9H12N2O4/c10-7(5-12)3-6-1-2-8(11(14)15)9(13)4-6/h1-2,4,7,12-13H,3,5,10H2. The Hall–Kier alpha value is -1.66. The quantitative estimate of drug-likeness (QED) is 0.486. The predicted molar refractivity (Wildman–Crippen MR) is 53.5 cm³/mol. The third-order valence-electron chi connectivity index (χ3n) is 1.97. The fourth-order valence-electron chi connectivity index (χ4n) is 1.22. The Morgan fingerprint density at radius 1 is 1.53 bits per heavy atom. The van der Waals surface area contributed by atoms with E-state index in [-0.39, 0.29) is 18.0 Å². The molecule has 1 atom stereocenters. The van der Waals surface area contributed by atoms with Gasteiger partial charge in [-0.3, -0.25) is 10.1 Å². The van der Waals surface area contributed by atoms with Gasteiger partial charge in [0.05, 0.1) is 11.5 Å². The second-order valence-corrected chi connectivity index (χ2v) is 3.23. The molecule has 0 saturated heterocycles. The van der Waals surface area contributed by atoms with E-state index >= 15 is 0 Å². The van der Waals surface area contributed by atoms with E-state index in [9.17, 15) is 15.2 Å². The number of aromatic hydroxyl groups is 1. The minimum atomic E-state index is -0.662. The molecule has 0 spiro atoms. The van der Waals surface area contributed by atoms with Crippen LogP contribution >= 0.6 is 0 Å². The van der Waals surface area contributed by atoms with E-state index in [1.165, 1.54) is 18.2 Å². The lowest BCUT2D eigenvalue weighted by Gasteiger charge is -2.07. The average molecular weight is 212 g/mol. The van der Waals surface area contributed by atoms with Gasteiger partial charge in [-0.25, -0.2) is 0 Å². The van der Waals surface area contributed by atoms with E-state index in [1.54, 1.807) is 0 Å². The van der Waals surface area contributed by atoms with Gasteiger partial charge in [0.2, 0.25) is 0 Å². The van der Waals surface area contributed by atoms with Crippen molar-refractivity contribution in [3.05, 3.63) is 33.9 Å². The SMILES string of the molecule is NC(CO)Cc1ccc([N+](=O)[O-])c(O)c1. The van der Waals surface area contributed by atoms with Crippen LogP contribution in [0.1, 0.15) is 5.56 Å². The number of hydrogen-bond acceptors (Lipinski definition) is 5. The van der Waals surface area contributed by atoms with E-state index in [4.69, 9.17) is 10.8 Å². The lowest BCUT2D eigenvalue weighted by Crippen LogP contribution is -2.26. The van der Waals surface area contributed by atoms with E-state index in [1.807, 2.05) is 0 Å². The van der Waals surface area contributed by atoms with Gasteiger partial charge in [-0.1, -0.05) is 6.07 Å². The Labute approximate surface area is 86.1 Å². The molecule has 0 aliphatic rings. The summed E-state index contributed by atoms with van der Waals surface area (Å²) in [5.74, 6) is -0.386. The van der Waals surface area contributed by atoms with Gasteiger partial charge in [0, 0.05) is 12.1 Å². The van der Waals surface area contributed by atoms with Crippen LogP contribution in [0, 0.1) is 10.1 Å². The van der Waals surface area contributed by atoms with Crippen molar-refractivity contribution in [2.75, 3.05) is 6.61 Å². The highest BCUT2D eigenvalue weighted by Gasteiger charge is 2.13. The molecule has 0 radical (unpaired) electrons. The molecule has 0 aliphatic heterocycles. The van der Waals surface area contributed by atoms with Crippen LogP contribution in [0.15, 0.2) is 18.2 Å². The number of phenolic OH excluding ortho intramolecular Hbond substituents is 1. The molecule has 0 amide bonds. The molecule has 6 heteroatoms. The summed E-state index contributed by atoms with van der Waals surface area (Å²) in [5.41, 5.74) is 5.80. The number of nitro groups is 1. The van der Waals surface area contributed by atoms with Gasteiger partial charge in [0.25, 0.3) is 0 Å². The van der Waals surface area contributed by atoms with E-state index in [0.717, 1.165) is 0 Å². The second-order valence-electron chi connectivity index (χ2n) is 3.23. The number of phenols is 1. The van der Waals surface area contributed by atoms with Gasteiger partial charge < -0.3 is 15.9 Å². The fraction of sp³-hybridized carbons (Fsp3) is 0.333. The molecule has 6 nitrogen and oxygen atoms in total. The first-order valence-corrected chi connectivity index (χ1v) is 4.37. The van der Waals surface area contributed by atoms with Gasteiger partial charge in [-0.05, 0) is 18.1 Å². The van der Waals surface area contributed by atoms with Crippen molar-refractivity contribution in [3.63, 3.8) is 0 Å². The van der Waals surface area contributed by atoms with E-state index < -0.39 is 11.0 Å². The second kappa shape index (κ2) is 4.72. The number of hydrogen-bond donors (Lipinski definition) is 3. The van der Waals surface area contributed by atoms with Gasteiger partial charge in [0.15, 0.2) is 5.75 Å². The minimum Gasteiger partial charge on any atom is -0.502 e. The maximum atomic E-state index is 10.4. The smallest absolute Gasteiger partial charge is 0.310 e. The summed E-state index contributed by atoms with van der Waals surface area (Å²) in [5, 5.41) is 28.4. The molecule has 1 rings (SSSR count). The van der Waals surface area contributed by atoms with Crippen molar-refractivity contribution >= 4 is 5.69 Å². The molecule has 0 aliphatic carbocycles. The van der Waals surface area contributed by atoms with Crippen molar-refractivity contribution < 1.29 is 15.1 Å². The van der Waals surface area contributed by atoms with Crippen molar-refractivity contribution in [2.24, 2.45) is 5.73 Å². The van der Waals surface area contributed by atoms with Crippen LogP contribution in [0.4, 0.5) is 5.69 Å². The normalized spacial score (nSPS) is 12.4. The van der Waals surface area contributed by atoms with E-state index in [2.05, 4.69) is 0 Å². The number of aliphatic hydroxyl groups excluding tert-OH is 1. The molecule has 0 bridgehead atoms. The maximum absolute atomic E-state index is 10.4. The van der Waals surface area contributed by atoms with Crippen LogP contribution in [-0.2, 0) is 6.42 Å². The number of rotatable bonds is 4. The van der Waals surface area contributed by atoms with Gasteiger partial charge >= 0.3 is 5.69 Å². The summed E-state index contributed by atoms with van der Waals surface area (Å²) in [6, 6.07) is 3.58. The predicted octanol–water partition coefficient (Wildman–Crippen LogP) is 0.163. The topological polar surface area (TPSA) is 110 Å². The lowest BCUT2D eigenvalue weighted by molar-refractivity contribution is -0.385. The molecule has 4 N–H and O–H groups in total. The van der Waals surface area contributed by atoms with Crippen LogP contribution in [0.25, 0.3) is 0 Å². The van der Waals surface area contributed by atoms with Crippen LogP contribution in [-0.4, -0.2) is 27.8 Å². The highest BCUT2D eigenvalue weighted by Crippen LogP contribution is 2.26. The van der Waals surface area contributed by atoms with Crippen molar-refractivity contribution in [1.82, 2.24) is 0 Å². The fourth-order valence-corrected chi connectivity index (χ4v) is 1.22. The third-order valence-corrected chi connectivity index (χ3v) is 1.97. The van der Waals surface area contributed by atoms with Crippen LogP contribution < -0.4 is 5.73 Å². The zero-order valence-corrected chi connectivity index (χ0v) is 7.96. The molecule has 0 aromatic heterocycles. The van der Waals surface area contributed by atoms with Gasteiger partial charge in [-0.15, -0.1) is 0 Å². The molecule has 0 heterocycles. The van der Waals surface area contributed by atoms with Crippen LogP contribution in [0.3, 0.4) is 0 Å². The van der Waals surface area contributed by atoms with Crippen molar-refractivity contribution in [1.29, 1.82) is 0 Å². The molecular formula is C9H12N2O4. The highest BCUT2D eigenvalue weighted by atomic mass is 16.6. The number of nitrogens with zero attached hydrogens (tertiary/aromatic N) is 1. The first-order chi connectivity index (χ1) is 7.04. The number of aliphatic hydroxyl groups is 1. The molecule has 0 fully saturated rings. The Morgan fingerprint density at radius 3 is 2.67 bits per heavy atom. The monoisotopic (exact) mass is 212 g/mol. The zero-order chi connectivity index (χ0) is 11.4. The van der Waals surface area contributed by atoms with Gasteiger partial charge in [-0.2, -0.15) is 0 Å². The van der Waals surface area contributed by atoms with Crippen molar-refractivity contribution in [2.45, 2.75) is 12.5 Å². The van der Waals surface area contributed by atoms with E-state index in [0.29, 0.717) is 12.0 Å². The summed E-state index contributed by atoms with van der Waals surface area (Å²) < 4.78 is 0. The molecule has 82 valence electrons. The molecule has 1 aromatic carbocycles. The van der Waals surface area contributed by atoms with Crippen LogP contribution in [0.5, 0.6) is 5.75 Å². The first kappa shape index (κ1) is 11.4. The van der Waals surface area contributed by atoms with Gasteiger partial charge in [0.1, 0.15) is 0 Å². The van der Waals surface area contributed by atoms with Crippen molar-refractivity contribution in [3.8, 4) is 5.75 Å². The number of nitrogens with two attached hydrogens (primary N) is 1. The number of benzene rings is 1. The zero-order valence-electron chi connectivity index (χ0n) is 7.96.